The second-order valence-electron chi connectivity index (χ2n) is 0.761. The minimum Gasteiger partial charge on any atom is -1.00 e. The Morgan fingerprint density at radius 2 is 2.29 bits per heavy atom. The van der Waals surface area contributed by atoms with Gasteiger partial charge in [0.15, 0.2) is 17.4 Å². The largest absolute Gasteiger partial charge is 1.00 e. The summed E-state index contributed by atoms with van der Waals surface area (Å²) in [6.07, 6.45) is 5.08. The summed E-state index contributed by atoms with van der Waals surface area (Å²) in [5.41, 5.74) is 0. The molecule has 0 aliphatic rings. The zero-order chi connectivity index (χ0) is 3.54. The van der Waals surface area contributed by atoms with Crippen molar-refractivity contribution in [3.63, 3.8) is 0 Å². The molecule has 1 N–H and O–H groups in total. The van der Waals surface area contributed by atoms with Crippen LogP contribution in [0.25, 0.3) is 0 Å². The molecule has 0 amide bonds. The van der Waals surface area contributed by atoms with Crippen molar-refractivity contribution in [2.75, 3.05) is 0 Å². The molecular weight excluding hydrogens is 98.0 g/mol. The Morgan fingerprint density at radius 3 is 2.43 bits per heavy atom. The summed E-state index contributed by atoms with van der Waals surface area (Å²) in [4.78, 5) is 6.42. The number of nitrogens with one attached hydrogen (secondary N) is 1. The Bertz CT molecular complexity index is 73.8. The van der Waals surface area contributed by atoms with E-state index in [0.717, 1.165) is 0 Å². The van der Waals surface area contributed by atoms with Gasteiger partial charge < -0.3 is 6.41 Å². The molecule has 0 bridgehead atoms. The van der Waals surface area contributed by atoms with E-state index in [2.05, 4.69) is 9.97 Å². The zero-order valence-corrected chi connectivity index (χ0v) is 3.68. The van der Waals surface area contributed by atoms with Crippen LogP contribution in [0.3, 0.4) is 0 Å². The SMILES string of the molecule is [AlH3].[H-].[Li+].c1c[nH]cn1. The minimum absolute atomic E-state index is 0. The van der Waals surface area contributed by atoms with E-state index < -0.39 is 0 Å². The second kappa shape index (κ2) is 6.34. The number of hydrogen-bond acceptors (Lipinski definition) is 1. The summed E-state index contributed by atoms with van der Waals surface area (Å²) in [6.45, 7) is 0. The maximum Gasteiger partial charge on any atom is 1.00 e. The van der Waals surface area contributed by atoms with E-state index >= 15 is 0 Å². The van der Waals surface area contributed by atoms with Crippen LogP contribution < -0.4 is 18.9 Å². The average Bonchev–Trinajstić information content (AvgIpc) is 1.76. The maximum atomic E-state index is 3.67. The Labute approximate surface area is 66.5 Å². The third-order valence-electron chi connectivity index (χ3n) is 0.406. The number of nitrogens with zero attached hydrogens (tertiary/aromatic N) is 1. The van der Waals surface area contributed by atoms with Crippen molar-refractivity contribution < 1.29 is 20.3 Å². The topological polar surface area (TPSA) is 28.7 Å². The van der Waals surface area contributed by atoms with Gasteiger partial charge in [-0.05, 0) is 0 Å². The van der Waals surface area contributed by atoms with Crippen LogP contribution in [0, 0.1) is 0 Å². The molecule has 7 heavy (non-hydrogen) atoms. The monoisotopic (exact) mass is 106 g/mol. The molecule has 0 aromatic carbocycles. The van der Waals surface area contributed by atoms with Gasteiger partial charge in [0.1, 0.15) is 0 Å². The van der Waals surface area contributed by atoms with Gasteiger partial charge in [0.25, 0.3) is 0 Å². The van der Waals surface area contributed by atoms with E-state index in [1.54, 1.807) is 18.7 Å². The van der Waals surface area contributed by atoms with Crippen molar-refractivity contribution in [3.05, 3.63) is 18.7 Å². The van der Waals surface area contributed by atoms with Crippen LogP contribution in [0.1, 0.15) is 1.43 Å². The number of imidazole rings is 1. The minimum atomic E-state index is 0. The first-order valence-electron chi connectivity index (χ1n) is 1.43. The van der Waals surface area contributed by atoms with Gasteiger partial charge in [-0.15, -0.1) is 0 Å². The van der Waals surface area contributed by atoms with Crippen LogP contribution in [-0.4, -0.2) is 27.3 Å². The van der Waals surface area contributed by atoms with Crippen LogP contribution in [0.4, 0.5) is 0 Å². The van der Waals surface area contributed by atoms with Gasteiger partial charge in [-0.25, -0.2) is 4.98 Å². The van der Waals surface area contributed by atoms with Gasteiger partial charge >= 0.3 is 18.9 Å². The molecule has 0 atom stereocenters. The van der Waals surface area contributed by atoms with Gasteiger partial charge in [0, 0.05) is 12.4 Å². The first-order chi connectivity index (χ1) is 2.50. The molecule has 34 valence electrons. The Kier molecular flexibility index (Phi) is 9.37. The molecule has 0 radical (unpaired) electrons. The predicted octanol–water partition coefficient (Wildman–Crippen LogP) is -3.66. The van der Waals surface area contributed by atoms with E-state index in [9.17, 15) is 0 Å². The molecule has 0 spiro atoms. The van der Waals surface area contributed by atoms with Crippen LogP contribution in [-0.2, 0) is 0 Å². The van der Waals surface area contributed by atoms with Gasteiger partial charge in [-0.3, -0.25) is 0 Å². The molecule has 0 saturated heterocycles. The Hall–Kier alpha value is 0.340. The van der Waals surface area contributed by atoms with Crippen LogP contribution in [0.2, 0.25) is 0 Å². The van der Waals surface area contributed by atoms with E-state index in [-0.39, 0.29) is 37.6 Å². The number of H-pyrrole nitrogens is 1. The third kappa shape index (κ3) is 4.19. The molecule has 0 saturated carbocycles. The quantitative estimate of drug-likeness (QED) is 0.339. The zero-order valence-electron chi connectivity index (χ0n) is 4.68. The molecule has 0 aliphatic heterocycles. The first-order valence-corrected chi connectivity index (χ1v) is 1.43. The smallest absolute Gasteiger partial charge is 1.00 e. The van der Waals surface area contributed by atoms with Gasteiger partial charge in [0.2, 0.25) is 0 Å². The summed E-state index contributed by atoms with van der Waals surface area (Å²) in [7, 11) is 0. The Balaban J connectivity index is -0.0000000833. The molecule has 1 rings (SSSR count). The van der Waals surface area contributed by atoms with Crippen molar-refractivity contribution in [2.45, 2.75) is 0 Å². The molecule has 2 nitrogen and oxygen atoms in total. The van der Waals surface area contributed by atoms with Crippen molar-refractivity contribution in [1.29, 1.82) is 0 Å². The number of hydrogen-bond donors (Lipinski definition) is 1. The maximum absolute atomic E-state index is 3.67. The fourth-order valence-corrected chi connectivity index (χ4v) is 0.215. The predicted molar refractivity (Wildman–Crippen MR) is 29.6 cm³/mol. The third-order valence-corrected chi connectivity index (χ3v) is 0.406. The fraction of sp³-hybridized carbons (Fsp3) is 0. The summed E-state index contributed by atoms with van der Waals surface area (Å²) in [5, 5.41) is 0. The summed E-state index contributed by atoms with van der Waals surface area (Å²) in [6, 6.07) is 0. The summed E-state index contributed by atoms with van der Waals surface area (Å²) < 4.78 is 0. The first kappa shape index (κ1) is 10.3. The van der Waals surface area contributed by atoms with Crippen molar-refractivity contribution in [2.24, 2.45) is 0 Å². The molecular formula is C3H8AlLiN2. The number of aromatic nitrogens is 2. The van der Waals surface area contributed by atoms with Crippen molar-refractivity contribution in [1.82, 2.24) is 9.97 Å². The van der Waals surface area contributed by atoms with Gasteiger partial charge in [-0.1, -0.05) is 0 Å². The van der Waals surface area contributed by atoms with Crippen molar-refractivity contribution in [3.8, 4) is 0 Å². The molecule has 4 heteroatoms. The molecule has 1 heterocycles. The van der Waals surface area contributed by atoms with Crippen LogP contribution in [0.5, 0.6) is 0 Å². The van der Waals surface area contributed by atoms with Gasteiger partial charge in [0.05, 0.1) is 6.33 Å². The molecule has 0 unspecified atom stereocenters. The molecule has 1 aromatic rings. The van der Waals surface area contributed by atoms with Crippen LogP contribution in [0.15, 0.2) is 18.7 Å². The molecule has 0 aliphatic carbocycles. The van der Waals surface area contributed by atoms with Crippen molar-refractivity contribution >= 4 is 17.4 Å². The second-order valence-corrected chi connectivity index (χ2v) is 0.761. The van der Waals surface area contributed by atoms with E-state index in [0.29, 0.717) is 0 Å². The normalized spacial score (nSPS) is 5.71. The number of aromatic amines is 1. The summed E-state index contributed by atoms with van der Waals surface area (Å²) in [5.74, 6) is 0. The standard InChI is InChI=1S/C3H4N2.Al.Li.4H/c1-2-5-3-4-1;;;;;;/h1-3H,(H,4,5);;;;;;/q;;+1;;;;-1. The van der Waals surface area contributed by atoms with Gasteiger partial charge in [-0.2, -0.15) is 0 Å². The van der Waals surface area contributed by atoms with E-state index in [1.165, 1.54) is 0 Å². The molecule has 0 fully saturated rings. The van der Waals surface area contributed by atoms with E-state index in [1.807, 2.05) is 0 Å². The summed E-state index contributed by atoms with van der Waals surface area (Å²) >= 11 is 0. The Morgan fingerprint density at radius 1 is 1.57 bits per heavy atom. The fourth-order valence-electron chi connectivity index (χ4n) is 0.215. The molecule has 1 aromatic heterocycles. The number of rotatable bonds is 0. The van der Waals surface area contributed by atoms with Crippen LogP contribution >= 0.6 is 0 Å². The average molecular weight is 106 g/mol. The van der Waals surface area contributed by atoms with E-state index in [4.69, 9.17) is 0 Å².